The summed E-state index contributed by atoms with van der Waals surface area (Å²) in [6.45, 7) is 5.36. The van der Waals surface area contributed by atoms with Crippen LogP contribution >= 0.6 is 11.6 Å². The summed E-state index contributed by atoms with van der Waals surface area (Å²) < 4.78 is 0. The summed E-state index contributed by atoms with van der Waals surface area (Å²) in [5.74, 6) is 2.24. The van der Waals surface area contributed by atoms with E-state index >= 15 is 0 Å². The molecule has 8 nitrogen and oxygen atoms in total. The van der Waals surface area contributed by atoms with E-state index < -0.39 is 0 Å². The van der Waals surface area contributed by atoms with Gasteiger partial charge in [-0.1, -0.05) is 11.6 Å². The van der Waals surface area contributed by atoms with E-state index in [2.05, 4.69) is 30.8 Å². The lowest BCUT2D eigenvalue weighted by Crippen LogP contribution is -2.33. The highest BCUT2D eigenvalue weighted by atomic mass is 35.5. The van der Waals surface area contributed by atoms with E-state index in [-0.39, 0.29) is 11.7 Å². The Kier molecular flexibility index (Phi) is 4.17. The summed E-state index contributed by atoms with van der Waals surface area (Å²) in [6, 6.07) is 7.23. The van der Waals surface area contributed by atoms with E-state index in [1.165, 1.54) is 0 Å². The number of fused-ring (bicyclic) bond motifs is 2. The summed E-state index contributed by atoms with van der Waals surface area (Å²) in [6.07, 6.45) is 0. The molecule has 2 fully saturated rings. The molecule has 9 heteroatoms. The first-order valence-corrected chi connectivity index (χ1v) is 9.71. The number of likely N-dealkylation sites (tertiary alicyclic amines) is 1. The minimum absolute atomic E-state index is 0.132. The molecule has 2 atom stereocenters. The summed E-state index contributed by atoms with van der Waals surface area (Å²) >= 11 is 6.17. The van der Waals surface area contributed by atoms with Gasteiger partial charge in [-0.2, -0.15) is 5.10 Å². The number of aromatic amines is 1. The topological polar surface area (TPSA) is 98.8 Å². The van der Waals surface area contributed by atoms with Gasteiger partial charge in [-0.25, -0.2) is 9.97 Å². The summed E-state index contributed by atoms with van der Waals surface area (Å²) in [5.41, 5.74) is 1.59. The molecule has 1 amide bonds. The number of aromatic nitrogens is 4. The number of nitrogens with one attached hydrogen (secondary N) is 3. The number of amides is 1. The molecule has 0 spiro atoms. The van der Waals surface area contributed by atoms with Crippen molar-refractivity contribution in [3.63, 3.8) is 0 Å². The fraction of sp³-hybridized carbons (Fsp3) is 0.368. The van der Waals surface area contributed by atoms with E-state index in [0.29, 0.717) is 34.0 Å². The lowest BCUT2D eigenvalue weighted by molar-refractivity contribution is 0.0770. The van der Waals surface area contributed by atoms with Crippen LogP contribution in [0, 0.1) is 18.8 Å². The van der Waals surface area contributed by atoms with Gasteiger partial charge in [-0.15, -0.1) is 0 Å². The van der Waals surface area contributed by atoms with Crippen molar-refractivity contribution in [2.24, 2.45) is 11.8 Å². The van der Waals surface area contributed by atoms with Gasteiger partial charge in [0.15, 0.2) is 5.82 Å². The summed E-state index contributed by atoms with van der Waals surface area (Å²) in [4.78, 5) is 24.0. The van der Waals surface area contributed by atoms with Crippen molar-refractivity contribution in [1.29, 1.82) is 0 Å². The average molecular weight is 398 g/mol. The van der Waals surface area contributed by atoms with Crippen LogP contribution in [0.4, 0.5) is 11.6 Å². The summed E-state index contributed by atoms with van der Waals surface area (Å²) in [5, 5.41) is 15.0. The summed E-state index contributed by atoms with van der Waals surface area (Å²) in [7, 11) is 0. The highest BCUT2D eigenvalue weighted by Crippen LogP contribution is 2.29. The van der Waals surface area contributed by atoms with Crippen LogP contribution in [0.3, 0.4) is 0 Å². The molecular weight excluding hydrogens is 378 g/mol. The van der Waals surface area contributed by atoms with Crippen LogP contribution in [0.15, 0.2) is 24.3 Å². The largest absolute Gasteiger partial charge is 0.335 e. The smallest absolute Gasteiger partial charge is 0.291 e. The highest BCUT2D eigenvalue weighted by Gasteiger charge is 2.39. The second-order valence-electron chi connectivity index (χ2n) is 7.51. The van der Waals surface area contributed by atoms with Crippen LogP contribution in [0.1, 0.15) is 16.3 Å². The van der Waals surface area contributed by atoms with Gasteiger partial charge in [0.25, 0.3) is 5.91 Å². The van der Waals surface area contributed by atoms with Crippen LogP contribution < -0.4 is 10.6 Å². The second kappa shape index (κ2) is 6.72. The maximum Gasteiger partial charge on any atom is 0.291 e. The number of hydrogen-bond acceptors (Lipinski definition) is 6. The van der Waals surface area contributed by atoms with Crippen molar-refractivity contribution in [2.45, 2.75) is 6.92 Å². The Morgan fingerprint density at radius 1 is 1.21 bits per heavy atom. The zero-order valence-corrected chi connectivity index (χ0v) is 16.1. The van der Waals surface area contributed by atoms with Crippen LogP contribution in [-0.4, -0.2) is 57.2 Å². The Morgan fingerprint density at radius 3 is 2.71 bits per heavy atom. The molecule has 2 aliphatic heterocycles. The van der Waals surface area contributed by atoms with Gasteiger partial charge in [0.05, 0.1) is 5.52 Å². The lowest BCUT2D eigenvalue weighted by atomic mass is 10.0. The van der Waals surface area contributed by atoms with Gasteiger partial charge >= 0.3 is 0 Å². The normalized spacial score (nSPS) is 21.3. The Hall–Kier alpha value is -2.71. The number of carbonyl (C=O) groups is 1. The number of benzene rings is 1. The average Bonchev–Trinajstić information content (AvgIpc) is 3.37. The molecule has 2 saturated heterocycles. The minimum Gasteiger partial charge on any atom is -0.335 e. The number of aryl methyl sites for hydroxylation is 1. The molecule has 0 radical (unpaired) electrons. The first-order chi connectivity index (χ1) is 13.6. The standard InChI is InChI=1S/C19H20ClN7O/c1-10-4-16(26-25-10)23-17-14-5-13(20)2-3-15(14)22-18(24-17)19(28)27-8-11-6-21-7-12(11)9-27/h2-5,11-12,21H,6-9H2,1H3,(H2,22,23,24,25,26). The number of H-pyrrole nitrogens is 1. The third-order valence-corrected chi connectivity index (χ3v) is 5.71. The molecule has 1 aromatic carbocycles. The van der Waals surface area contributed by atoms with E-state index in [1.807, 2.05) is 17.9 Å². The van der Waals surface area contributed by atoms with E-state index in [9.17, 15) is 4.79 Å². The third kappa shape index (κ3) is 3.08. The molecule has 2 aliphatic rings. The molecule has 0 bridgehead atoms. The van der Waals surface area contributed by atoms with Crippen molar-refractivity contribution in [3.05, 3.63) is 40.8 Å². The number of hydrogen-bond donors (Lipinski definition) is 3. The molecule has 5 rings (SSSR count). The molecule has 144 valence electrons. The van der Waals surface area contributed by atoms with Gasteiger partial charge in [0.1, 0.15) is 5.82 Å². The van der Waals surface area contributed by atoms with Gasteiger partial charge in [0.2, 0.25) is 5.82 Å². The van der Waals surface area contributed by atoms with E-state index in [1.54, 1.807) is 18.2 Å². The zero-order valence-electron chi connectivity index (χ0n) is 15.4. The molecule has 3 aromatic rings. The third-order valence-electron chi connectivity index (χ3n) is 5.48. The molecule has 4 heterocycles. The van der Waals surface area contributed by atoms with Gasteiger partial charge in [-0.05, 0) is 37.0 Å². The predicted molar refractivity (Wildman–Crippen MR) is 107 cm³/mol. The minimum atomic E-state index is -0.132. The quantitative estimate of drug-likeness (QED) is 0.627. The number of nitrogens with zero attached hydrogens (tertiary/aromatic N) is 4. The predicted octanol–water partition coefficient (Wildman–Crippen LogP) is 2.35. The van der Waals surface area contributed by atoms with E-state index in [0.717, 1.165) is 37.3 Å². The highest BCUT2D eigenvalue weighted by molar-refractivity contribution is 6.31. The number of rotatable bonds is 3. The Labute approximate surface area is 166 Å². The maximum absolute atomic E-state index is 13.1. The van der Waals surface area contributed by atoms with Crippen molar-refractivity contribution in [2.75, 3.05) is 31.5 Å². The Balaban J connectivity index is 1.52. The molecule has 2 aromatic heterocycles. The van der Waals surface area contributed by atoms with Gasteiger partial charge in [0, 0.05) is 48.3 Å². The van der Waals surface area contributed by atoms with Crippen molar-refractivity contribution >= 4 is 40.0 Å². The fourth-order valence-electron chi connectivity index (χ4n) is 4.06. The van der Waals surface area contributed by atoms with Crippen LogP contribution in [-0.2, 0) is 0 Å². The van der Waals surface area contributed by atoms with Crippen molar-refractivity contribution < 1.29 is 4.79 Å². The van der Waals surface area contributed by atoms with Crippen LogP contribution in [0.2, 0.25) is 5.02 Å². The van der Waals surface area contributed by atoms with Crippen molar-refractivity contribution in [1.82, 2.24) is 30.4 Å². The number of carbonyl (C=O) groups excluding carboxylic acids is 1. The van der Waals surface area contributed by atoms with Crippen LogP contribution in [0.5, 0.6) is 0 Å². The molecule has 0 saturated carbocycles. The van der Waals surface area contributed by atoms with Crippen LogP contribution in [0.25, 0.3) is 10.9 Å². The van der Waals surface area contributed by atoms with E-state index in [4.69, 9.17) is 11.6 Å². The first-order valence-electron chi connectivity index (χ1n) is 9.33. The van der Waals surface area contributed by atoms with Gasteiger partial charge in [-0.3, -0.25) is 9.89 Å². The maximum atomic E-state index is 13.1. The molecular formula is C19H20ClN7O. The first kappa shape index (κ1) is 17.4. The zero-order chi connectivity index (χ0) is 19.3. The lowest BCUT2D eigenvalue weighted by Gasteiger charge is -2.17. The monoisotopic (exact) mass is 397 g/mol. The van der Waals surface area contributed by atoms with Gasteiger partial charge < -0.3 is 15.5 Å². The second-order valence-corrected chi connectivity index (χ2v) is 7.94. The Morgan fingerprint density at radius 2 is 2.00 bits per heavy atom. The Bertz CT molecular complexity index is 1050. The van der Waals surface area contributed by atoms with Crippen molar-refractivity contribution in [3.8, 4) is 0 Å². The fourth-order valence-corrected chi connectivity index (χ4v) is 4.23. The molecule has 3 N–H and O–H groups in total. The SMILES string of the molecule is Cc1cc(Nc2nc(C(=O)N3CC4CNCC4C3)nc3ccc(Cl)cc23)n[nH]1. The number of anilines is 2. The molecule has 28 heavy (non-hydrogen) atoms. The number of halogens is 1. The molecule has 0 aliphatic carbocycles. The molecule has 2 unspecified atom stereocenters.